The zero-order chi connectivity index (χ0) is 18.7. The van der Waals surface area contributed by atoms with E-state index in [4.69, 9.17) is 16.1 Å². The maximum Gasteiger partial charge on any atom is 0.330 e. The highest BCUT2D eigenvalue weighted by Crippen LogP contribution is 2.18. The second-order valence-corrected chi connectivity index (χ2v) is 6.29. The summed E-state index contributed by atoms with van der Waals surface area (Å²) in [4.78, 5) is 28.1. The molecule has 1 N–H and O–H groups in total. The van der Waals surface area contributed by atoms with Gasteiger partial charge in [-0.15, -0.1) is 0 Å². The molecule has 0 aliphatic heterocycles. The zero-order valence-corrected chi connectivity index (χ0v) is 15.2. The number of nitrogens with zero attached hydrogens (tertiary/aromatic N) is 4. The van der Waals surface area contributed by atoms with Crippen molar-refractivity contribution >= 4 is 11.6 Å². The van der Waals surface area contributed by atoms with Crippen molar-refractivity contribution in [3.63, 3.8) is 0 Å². The van der Waals surface area contributed by atoms with Gasteiger partial charge in [0.25, 0.3) is 5.56 Å². The van der Waals surface area contributed by atoms with E-state index in [-0.39, 0.29) is 11.2 Å². The largest absolute Gasteiger partial charge is 0.339 e. The van der Waals surface area contributed by atoms with Crippen molar-refractivity contribution in [3.05, 3.63) is 67.8 Å². The van der Waals surface area contributed by atoms with E-state index in [2.05, 4.69) is 15.5 Å². The first kappa shape index (κ1) is 18.1. The van der Waals surface area contributed by atoms with Crippen molar-refractivity contribution in [1.29, 1.82) is 0 Å². The average Bonchev–Trinajstić information content (AvgIpc) is 3.10. The van der Waals surface area contributed by atoms with Crippen LogP contribution in [0.4, 0.5) is 0 Å². The lowest BCUT2D eigenvalue weighted by atomic mass is 10.2. The summed E-state index contributed by atoms with van der Waals surface area (Å²) in [6.07, 6.45) is 2.07. The van der Waals surface area contributed by atoms with Crippen LogP contribution in [0.5, 0.6) is 0 Å². The fraction of sp³-hybridized carbons (Fsp3) is 0.294. The number of aromatic nitrogens is 4. The fourth-order valence-corrected chi connectivity index (χ4v) is 2.62. The first-order chi connectivity index (χ1) is 12.5. The summed E-state index contributed by atoms with van der Waals surface area (Å²) in [7, 11) is 3.08. The van der Waals surface area contributed by atoms with Crippen LogP contribution in [-0.4, -0.2) is 25.8 Å². The third-order valence-electron chi connectivity index (χ3n) is 3.92. The Labute approximate surface area is 154 Å². The molecular formula is C17H18ClN5O3. The molecule has 0 saturated heterocycles. The van der Waals surface area contributed by atoms with Gasteiger partial charge in [0.05, 0.1) is 0 Å². The fourth-order valence-electron chi connectivity index (χ4n) is 2.50. The molecule has 2 heterocycles. The molecule has 0 aliphatic rings. The van der Waals surface area contributed by atoms with Gasteiger partial charge in [-0.2, -0.15) is 4.98 Å². The molecule has 0 saturated carbocycles. The second-order valence-electron chi connectivity index (χ2n) is 5.86. The van der Waals surface area contributed by atoms with Crippen molar-refractivity contribution < 1.29 is 4.52 Å². The lowest BCUT2D eigenvalue weighted by molar-refractivity contribution is 0.376. The average molecular weight is 376 g/mol. The van der Waals surface area contributed by atoms with Gasteiger partial charge in [0.1, 0.15) is 0 Å². The standard InChI is InChI=1S/C17H18ClN5O3/c1-22-10-12(16(24)23(2)17(22)25)9-19-8-7-14-20-15(21-26-14)11-3-5-13(18)6-4-11/h3-6,10,19H,7-9H2,1-2H3. The molecule has 0 bridgehead atoms. The number of nitrogens with one attached hydrogen (secondary N) is 1. The highest BCUT2D eigenvalue weighted by atomic mass is 35.5. The monoisotopic (exact) mass is 375 g/mol. The van der Waals surface area contributed by atoms with E-state index in [9.17, 15) is 9.59 Å². The van der Waals surface area contributed by atoms with Crippen molar-refractivity contribution in [2.75, 3.05) is 6.54 Å². The van der Waals surface area contributed by atoms with E-state index in [0.717, 1.165) is 10.1 Å². The summed E-state index contributed by atoms with van der Waals surface area (Å²) in [5, 5.41) is 7.74. The number of aryl methyl sites for hydroxylation is 1. The molecule has 0 radical (unpaired) electrons. The Bertz CT molecular complexity index is 1020. The summed E-state index contributed by atoms with van der Waals surface area (Å²) in [5.41, 5.74) is 0.691. The molecule has 1 aromatic carbocycles. The molecular weight excluding hydrogens is 358 g/mol. The SMILES string of the molecule is Cn1cc(CNCCc2nc(-c3ccc(Cl)cc3)no2)c(=O)n(C)c1=O. The Morgan fingerprint density at radius 2 is 1.92 bits per heavy atom. The van der Waals surface area contributed by atoms with Crippen LogP contribution in [0, 0.1) is 0 Å². The van der Waals surface area contributed by atoms with E-state index < -0.39 is 0 Å². The Morgan fingerprint density at radius 3 is 2.65 bits per heavy atom. The normalized spacial score (nSPS) is 11.0. The topological polar surface area (TPSA) is 94.9 Å². The third kappa shape index (κ3) is 3.92. The first-order valence-corrected chi connectivity index (χ1v) is 8.38. The predicted molar refractivity (Wildman–Crippen MR) is 97.1 cm³/mol. The number of rotatable bonds is 6. The van der Waals surface area contributed by atoms with Gasteiger partial charge in [0, 0.05) is 56.0 Å². The van der Waals surface area contributed by atoms with Crippen LogP contribution in [0.1, 0.15) is 11.5 Å². The Morgan fingerprint density at radius 1 is 1.19 bits per heavy atom. The molecule has 8 nitrogen and oxygen atoms in total. The number of hydrogen-bond donors (Lipinski definition) is 1. The highest BCUT2D eigenvalue weighted by Gasteiger charge is 2.09. The molecule has 0 atom stereocenters. The summed E-state index contributed by atoms with van der Waals surface area (Å²) < 4.78 is 7.71. The van der Waals surface area contributed by atoms with Crippen LogP contribution in [0.15, 0.2) is 44.6 Å². The van der Waals surface area contributed by atoms with Crippen LogP contribution in [0.25, 0.3) is 11.4 Å². The highest BCUT2D eigenvalue weighted by molar-refractivity contribution is 6.30. The number of hydrogen-bond acceptors (Lipinski definition) is 6. The van der Waals surface area contributed by atoms with Gasteiger partial charge >= 0.3 is 5.69 Å². The third-order valence-corrected chi connectivity index (χ3v) is 4.17. The molecule has 0 unspecified atom stereocenters. The Balaban J connectivity index is 1.57. The molecule has 26 heavy (non-hydrogen) atoms. The van der Waals surface area contributed by atoms with Crippen molar-refractivity contribution in [3.8, 4) is 11.4 Å². The van der Waals surface area contributed by atoms with E-state index >= 15 is 0 Å². The Hall–Kier alpha value is -2.71. The number of halogens is 1. The molecule has 3 aromatic rings. The lowest BCUT2D eigenvalue weighted by Crippen LogP contribution is -2.39. The summed E-state index contributed by atoms with van der Waals surface area (Å²) >= 11 is 5.86. The summed E-state index contributed by atoms with van der Waals surface area (Å²) in [5.74, 6) is 0.999. The lowest BCUT2D eigenvalue weighted by Gasteiger charge is -2.07. The van der Waals surface area contributed by atoms with Crippen LogP contribution in [-0.2, 0) is 27.1 Å². The van der Waals surface area contributed by atoms with Crippen LogP contribution in [0.3, 0.4) is 0 Å². The molecule has 2 aromatic heterocycles. The smallest absolute Gasteiger partial charge is 0.330 e. The molecule has 0 aliphatic carbocycles. The maximum absolute atomic E-state index is 12.0. The van der Waals surface area contributed by atoms with Gasteiger partial charge in [0.15, 0.2) is 0 Å². The molecule has 0 spiro atoms. The van der Waals surface area contributed by atoms with Gasteiger partial charge in [-0.25, -0.2) is 4.79 Å². The quantitative estimate of drug-likeness (QED) is 0.649. The molecule has 3 rings (SSSR count). The van der Waals surface area contributed by atoms with Crippen LogP contribution in [0.2, 0.25) is 5.02 Å². The van der Waals surface area contributed by atoms with Crippen molar-refractivity contribution in [2.24, 2.45) is 14.1 Å². The maximum atomic E-state index is 12.0. The number of benzene rings is 1. The minimum absolute atomic E-state index is 0.302. The van der Waals surface area contributed by atoms with Gasteiger partial charge in [-0.1, -0.05) is 16.8 Å². The van der Waals surface area contributed by atoms with E-state index in [0.29, 0.717) is 41.8 Å². The van der Waals surface area contributed by atoms with Gasteiger partial charge in [-0.3, -0.25) is 9.36 Å². The zero-order valence-electron chi connectivity index (χ0n) is 14.4. The van der Waals surface area contributed by atoms with Gasteiger partial charge in [-0.05, 0) is 24.3 Å². The second kappa shape index (κ2) is 7.67. The summed E-state index contributed by atoms with van der Waals surface area (Å²) in [6.45, 7) is 0.896. The summed E-state index contributed by atoms with van der Waals surface area (Å²) in [6, 6.07) is 7.18. The first-order valence-electron chi connectivity index (χ1n) is 8.00. The minimum Gasteiger partial charge on any atom is -0.339 e. The van der Waals surface area contributed by atoms with Gasteiger partial charge < -0.3 is 14.4 Å². The van der Waals surface area contributed by atoms with E-state index in [1.165, 1.54) is 11.6 Å². The van der Waals surface area contributed by atoms with E-state index in [1.54, 1.807) is 25.4 Å². The molecule has 9 heteroatoms. The van der Waals surface area contributed by atoms with E-state index in [1.807, 2.05) is 12.1 Å². The van der Waals surface area contributed by atoms with Crippen molar-refractivity contribution in [1.82, 2.24) is 24.6 Å². The minimum atomic E-state index is -0.348. The van der Waals surface area contributed by atoms with Crippen LogP contribution < -0.4 is 16.6 Å². The predicted octanol–water partition coefficient (Wildman–Crippen LogP) is 1.12. The van der Waals surface area contributed by atoms with Gasteiger partial charge in [0.2, 0.25) is 11.7 Å². The Kier molecular flexibility index (Phi) is 5.34. The van der Waals surface area contributed by atoms with Crippen LogP contribution >= 0.6 is 11.6 Å². The van der Waals surface area contributed by atoms with Crippen molar-refractivity contribution in [2.45, 2.75) is 13.0 Å². The molecule has 0 fully saturated rings. The molecule has 136 valence electrons. The molecule has 0 amide bonds.